The summed E-state index contributed by atoms with van der Waals surface area (Å²) in [6.45, 7) is 3.01. The predicted octanol–water partition coefficient (Wildman–Crippen LogP) is 2.71. The molecule has 0 spiro atoms. The van der Waals surface area contributed by atoms with Crippen LogP contribution in [0.3, 0.4) is 0 Å². The zero-order valence-electron chi connectivity index (χ0n) is 8.60. The Labute approximate surface area is 93.2 Å². The maximum absolute atomic E-state index is 4.10. The molecule has 0 aliphatic rings. The van der Waals surface area contributed by atoms with Crippen molar-refractivity contribution in [1.29, 1.82) is 0 Å². The number of nitrogens with one attached hydrogen (secondary N) is 1. The number of aryl methyl sites for hydroxylation is 1. The largest absolute Gasteiger partial charge is 0.365 e. The van der Waals surface area contributed by atoms with Crippen LogP contribution in [0.4, 0.5) is 5.82 Å². The molecule has 2 rings (SSSR count). The lowest BCUT2D eigenvalue weighted by atomic mass is 10.3. The molecule has 0 aromatic carbocycles. The molecule has 0 atom stereocenters. The number of hydrogen-bond donors (Lipinski definition) is 1. The first-order valence-corrected chi connectivity index (χ1v) is 5.77. The predicted molar refractivity (Wildman–Crippen MR) is 63.1 cm³/mol. The molecule has 78 valence electrons. The van der Waals surface area contributed by atoms with Gasteiger partial charge in [0.15, 0.2) is 0 Å². The van der Waals surface area contributed by atoms with Crippen molar-refractivity contribution in [2.24, 2.45) is 0 Å². The van der Waals surface area contributed by atoms with Gasteiger partial charge < -0.3 is 5.32 Å². The van der Waals surface area contributed by atoms with Crippen LogP contribution in [0.1, 0.15) is 16.7 Å². The van der Waals surface area contributed by atoms with E-state index in [1.807, 2.05) is 17.4 Å². The maximum Gasteiger partial charge on any atom is 0.129 e. The summed E-state index contributed by atoms with van der Waals surface area (Å²) in [4.78, 5) is 10.7. The van der Waals surface area contributed by atoms with Gasteiger partial charge in [0.2, 0.25) is 0 Å². The number of rotatable bonds is 4. The molecular weight excluding hydrogens is 206 g/mol. The maximum atomic E-state index is 4.10. The van der Waals surface area contributed by atoms with Crippen LogP contribution in [-0.2, 0) is 13.0 Å². The van der Waals surface area contributed by atoms with Crippen molar-refractivity contribution in [1.82, 2.24) is 9.97 Å². The van der Waals surface area contributed by atoms with Crippen molar-refractivity contribution in [3.63, 3.8) is 0 Å². The molecule has 0 aliphatic carbocycles. The molecule has 0 saturated carbocycles. The summed E-state index contributed by atoms with van der Waals surface area (Å²) in [7, 11) is 0. The number of anilines is 1. The van der Waals surface area contributed by atoms with Crippen LogP contribution in [0, 0.1) is 0 Å². The third-order valence-corrected chi connectivity index (χ3v) is 3.32. The molecule has 2 aromatic heterocycles. The summed E-state index contributed by atoms with van der Waals surface area (Å²) in [5.41, 5.74) is 0. The Balaban J connectivity index is 1.93. The van der Waals surface area contributed by atoms with E-state index in [2.05, 4.69) is 34.3 Å². The lowest BCUT2D eigenvalue weighted by molar-refractivity contribution is 1.10. The van der Waals surface area contributed by atoms with Crippen molar-refractivity contribution in [3.8, 4) is 0 Å². The average molecular weight is 219 g/mol. The van der Waals surface area contributed by atoms with E-state index in [1.165, 1.54) is 9.75 Å². The Morgan fingerprint density at radius 3 is 2.80 bits per heavy atom. The molecule has 0 radical (unpaired) electrons. The van der Waals surface area contributed by atoms with Gasteiger partial charge in [-0.2, -0.15) is 0 Å². The van der Waals surface area contributed by atoms with Gasteiger partial charge in [-0.15, -0.1) is 11.3 Å². The number of hydrogen-bond acceptors (Lipinski definition) is 4. The molecule has 4 heteroatoms. The third-order valence-electron chi connectivity index (χ3n) is 2.09. The average Bonchev–Trinajstić information content (AvgIpc) is 2.76. The topological polar surface area (TPSA) is 37.8 Å². The molecule has 0 aliphatic heterocycles. The van der Waals surface area contributed by atoms with Gasteiger partial charge in [0.05, 0.1) is 6.54 Å². The Morgan fingerprint density at radius 1 is 1.27 bits per heavy atom. The Bertz CT molecular complexity index is 411. The van der Waals surface area contributed by atoms with E-state index >= 15 is 0 Å². The second-order valence-corrected chi connectivity index (χ2v) is 4.42. The van der Waals surface area contributed by atoms with Crippen molar-refractivity contribution in [2.45, 2.75) is 19.9 Å². The first kappa shape index (κ1) is 10.1. The molecule has 0 unspecified atom stereocenters. The fraction of sp³-hybridized carbons (Fsp3) is 0.273. The van der Waals surface area contributed by atoms with Crippen LogP contribution < -0.4 is 5.32 Å². The molecule has 0 fully saturated rings. The van der Waals surface area contributed by atoms with Crippen LogP contribution in [-0.4, -0.2) is 9.97 Å². The highest BCUT2D eigenvalue weighted by Gasteiger charge is 1.98. The normalized spacial score (nSPS) is 10.2. The number of thiophene rings is 1. The lowest BCUT2D eigenvalue weighted by Gasteiger charge is -2.01. The van der Waals surface area contributed by atoms with Gasteiger partial charge >= 0.3 is 0 Å². The van der Waals surface area contributed by atoms with Crippen LogP contribution in [0.5, 0.6) is 0 Å². The van der Waals surface area contributed by atoms with Crippen LogP contribution in [0.25, 0.3) is 0 Å². The van der Waals surface area contributed by atoms with E-state index in [0.717, 1.165) is 18.8 Å². The molecular formula is C11H13N3S. The van der Waals surface area contributed by atoms with Crippen LogP contribution >= 0.6 is 11.3 Å². The Morgan fingerprint density at radius 2 is 2.13 bits per heavy atom. The molecule has 15 heavy (non-hydrogen) atoms. The molecule has 0 saturated heterocycles. The molecule has 2 aromatic rings. The van der Waals surface area contributed by atoms with Gasteiger partial charge in [0, 0.05) is 16.0 Å². The van der Waals surface area contributed by atoms with Crippen molar-refractivity contribution >= 4 is 17.2 Å². The minimum Gasteiger partial charge on any atom is -0.365 e. The molecule has 0 amide bonds. The molecule has 1 N–H and O–H groups in total. The summed E-state index contributed by atoms with van der Waals surface area (Å²) in [5, 5.41) is 3.26. The standard InChI is InChI=1S/C11H13N3S/c1-2-9-3-4-10(15-9)7-13-11-5-6-12-8-14-11/h3-6,8H,2,7H2,1H3,(H,12,13,14). The Kier molecular flexibility index (Phi) is 3.29. The van der Waals surface area contributed by atoms with Gasteiger partial charge in [0.25, 0.3) is 0 Å². The van der Waals surface area contributed by atoms with Crippen LogP contribution in [0.2, 0.25) is 0 Å². The smallest absolute Gasteiger partial charge is 0.129 e. The van der Waals surface area contributed by atoms with E-state index in [-0.39, 0.29) is 0 Å². The zero-order valence-corrected chi connectivity index (χ0v) is 9.42. The first-order chi connectivity index (χ1) is 7.38. The third kappa shape index (κ3) is 2.76. The number of aromatic nitrogens is 2. The van der Waals surface area contributed by atoms with Gasteiger partial charge in [-0.05, 0) is 24.6 Å². The molecule has 0 bridgehead atoms. The lowest BCUT2D eigenvalue weighted by Crippen LogP contribution is -1.99. The Hall–Kier alpha value is -1.42. The quantitative estimate of drug-likeness (QED) is 0.859. The summed E-state index contributed by atoms with van der Waals surface area (Å²) >= 11 is 1.85. The van der Waals surface area contributed by atoms with E-state index < -0.39 is 0 Å². The zero-order chi connectivity index (χ0) is 10.5. The second-order valence-electron chi connectivity index (χ2n) is 3.17. The highest BCUT2D eigenvalue weighted by Crippen LogP contribution is 2.17. The minimum atomic E-state index is 0.835. The summed E-state index contributed by atoms with van der Waals surface area (Å²) in [6.07, 6.45) is 4.40. The van der Waals surface area contributed by atoms with E-state index in [1.54, 1.807) is 12.5 Å². The number of nitrogens with zero attached hydrogens (tertiary/aromatic N) is 2. The van der Waals surface area contributed by atoms with E-state index in [0.29, 0.717) is 0 Å². The SMILES string of the molecule is CCc1ccc(CNc2ccncn2)s1. The monoisotopic (exact) mass is 219 g/mol. The summed E-state index contributed by atoms with van der Waals surface area (Å²) in [5.74, 6) is 0.872. The van der Waals surface area contributed by atoms with Crippen molar-refractivity contribution < 1.29 is 0 Å². The summed E-state index contributed by atoms with van der Waals surface area (Å²) < 4.78 is 0. The van der Waals surface area contributed by atoms with Gasteiger partial charge in [-0.3, -0.25) is 0 Å². The van der Waals surface area contributed by atoms with Gasteiger partial charge in [-0.25, -0.2) is 9.97 Å². The van der Waals surface area contributed by atoms with E-state index in [4.69, 9.17) is 0 Å². The highest BCUT2D eigenvalue weighted by molar-refractivity contribution is 7.12. The fourth-order valence-electron chi connectivity index (χ4n) is 1.28. The minimum absolute atomic E-state index is 0.835. The van der Waals surface area contributed by atoms with E-state index in [9.17, 15) is 0 Å². The molecule has 3 nitrogen and oxygen atoms in total. The van der Waals surface area contributed by atoms with Gasteiger partial charge in [0.1, 0.15) is 12.1 Å². The van der Waals surface area contributed by atoms with Crippen molar-refractivity contribution in [2.75, 3.05) is 5.32 Å². The van der Waals surface area contributed by atoms with Crippen LogP contribution in [0.15, 0.2) is 30.7 Å². The van der Waals surface area contributed by atoms with Crippen molar-refractivity contribution in [3.05, 3.63) is 40.5 Å². The summed E-state index contributed by atoms with van der Waals surface area (Å²) in [6, 6.07) is 6.22. The highest BCUT2D eigenvalue weighted by atomic mass is 32.1. The first-order valence-electron chi connectivity index (χ1n) is 4.96. The second kappa shape index (κ2) is 4.89. The fourth-order valence-corrected chi connectivity index (χ4v) is 2.18. The van der Waals surface area contributed by atoms with Gasteiger partial charge in [-0.1, -0.05) is 6.92 Å². The molecule has 2 heterocycles.